The van der Waals surface area contributed by atoms with Crippen LogP contribution in [0.1, 0.15) is 42.9 Å². The molecule has 0 bridgehead atoms. The maximum atomic E-state index is 14.3. The highest BCUT2D eigenvalue weighted by atomic mass is 19.4. The second-order valence-electron chi connectivity index (χ2n) is 8.51. The topological polar surface area (TPSA) is 74.3 Å². The lowest BCUT2D eigenvalue weighted by atomic mass is 9.88. The highest BCUT2D eigenvalue weighted by Gasteiger charge is 2.43. The maximum absolute atomic E-state index is 14.3. The number of benzene rings is 2. The van der Waals surface area contributed by atoms with Gasteiger partial charge in [0.1, 0.15) is 11.3 Å². The Balaban J connectivity index is 2.37. The first-order valence-electron chi connectivity index (χ1n) is 11.4. The Labute approximate surface area is 208 Å². The molecular formula is C26H30F3NO6. The van der Waals surface area contributed by atoms with Crippen LogP contribution in [-0.4, -0.2) is 51.3 Å². The molecule has 3 rings (SSSR count). The summed E-state index contributed by atoms with van der Waals surface area (Å²) in [6.45, 7) is 1.27. The van der Waals surface area contributed by atoms with Gasteiger partial charge in [0.2, 0.25) is 5.91 Å². The number of hydrogen-bond acceptors (Lipinski definition) is 6. The number of ether oxygens (including phenoxy) is 4. The van der Waals surface area contributed by atoms with Gasteiger partial charge in [0.15, 0.2) is 11.5 Å². The summed E-state index contributed by atoms with van der Waals surface area (Å²) in [5.74, 6) is -1.84. The van der Waals surface area contributed by atoms with E-state index in [9.17, 15) is 22.8 Å². The number of esters is 1. The fourth-order valence-electron chi connectivity index (χ4n) is 4.50. The van der Waals surface area contributed by atoms with Gasteiger partial charge in [-0.05, 0) is 30.4 Å². The molecule has 0 atom stereocenters. The first kappa shape index (κ1) is 27.2. The molecule has 0 unspecified atom stereocenters. The number of carbonyl (C=O) groups excluding carboxylic acids is 2. The standard InChI is InChI=1S/C26H30F3NO6/c1-15(31)30(18-10-7-11-18)14-19-21(17-9-6-8-16(12-17)13-20(32)33-2)24(35-4)25(36-5)22(23(19)34-3)26(27,28)29/h6,8-9,12,18H,7,10-11,13-14H2,1-5H3. The lowest BCUT2D eigenvalue weighted by Crippen LogP contribution is -2.42. The second-order valence-corrected chi connectivity index (χ2v) is 8.51. The molecule has 1 amide bonds. The summed E-state index contributed by atoms with van der Waals surface area (Å²) in [6.07, 6.45) is -2.38. The van der Waals surface area contributed by atoms with Crippen LogP contribution in [0.3, 0.4) is 0 Å². The van der Waals surface area contributed by atoms with Crippen LogP contribution in [-0.2, 0) is 33.5 Å². The first-order chi connectivity index (χ1) is 17.1. The molecule has 2 aromatic rings. The predicted octanol–water partition coefficient (Wildman–Crippen LogP) is 5.01. The summed E-state index contributed by atoms with van der Waals surface area (Å²) in [7, 11) is 4.80. The van der Waals surface area contributed by atoms with Crippen molar-refractivity contribution >= 4 is 11.9 Å². The number of carbonyl (C=O) groups is 2. The molecule has 0 saturated heterocycles. The minimum Gasteiger partial charge on any atom is -0.496 e. The van der Waals surface area contributed by atoms with Crippen molar-refractivity contribution in [2.45, 2.75) is 51.4 Å². The van der Waals surface area contributed by atoms with Crippen LogP contribution < -0.4 is 14.2 Å². The van der Waals surface area contributed by atoms with Crippen molar-refractivity contribution in [1.82, 2.24) is 4.90 Å². The van der Waals surface area contributed by atoms with E-state index < -0.39 is 29.2 Å². The summed E-state index contributed by atoms with van der Waals surface area (Å²) < 4.78 is 63.9. The average Bonchev–Trinajstić information content (AvgIpc) is 2.80. The third-order valence-corrected chi connectivity index (χ3v) is 6.40. The lowest BCUT2D eigenvalue weighted by Gasteiger charge is -2.38. The van der Waals surface area contributed by atoms with Crippen LogP contribution in [0.5, 0.6) is 17.2 Å². The van der Waals surface area contributed by atoms with Gasteiger partial charge in [0.05, 0.1) is 41.4 Å². The van der Waals surface area contributed by atoms with Gasteiger partial charge in [-0.3, -0.25) is 9.59 Å². The quantitative estimate of drug-likeness (QED) is 0.443. The van der Waals surface area contributed by atoms with E-state index in [2.05, 4.69) is 0 Å². The number of nitrogens with zero attached hydrogens (tertiary/aromatic N) is 1. The maximum Gasteiger partial charge on any atom is 0.423 e. The Bertz CT molecular complexity index is 1130. The fourth-order valence-corrected chi connectivity index (χ4v) is 4.50. The smallest absolute Gasteiger partial charge is 0.423 e. The van der Waals surface area contributed by atoms with Crippen LogP contribution in [0.2, 0.25) is 0 Å². The van der Waals surface area contributed by atoms with Gasteiger partial charge < -0.3 is 23.8 Å². The molecule has 36 heavy (non-hydrogen) atoms. The molecule has 0 radical (unpaired) electrons. The largest absolute Gasteiger partial charge is 0.496 e. The number of halogens is 3. The highest BCUT2D eigenvalue weighted by molar-refractivity contribution is 5.84. The van der Waals surface area contributed by atoms with Crippen molar-refractivity contribution in [3.63, 3.8) is 0 Å². The molecule has 10 heteroatoms. The molecule has 2 aromatic carbocycles. The van der Waals surface area contributed by atoms with E-state index in [0.29, 0.717) is 11.1 Å². The van der Waals surface area contributed by atoms with E-state index >= 15 is 0 Å². The number of amides is 1. The number of methoxy groups -OCH3 is 4. The number of alkyl halides is 3. The van der Waals surface area contributed by atoms with E-state index in [1.165, 1.54) is 21.1 Å². The second kappa shape index (κ2) is 11.1. The molecule has 7 nitrogen and oxygen atoms in total. The third-order valence-electron chi connectivity index (χ3n) is 6.40. The molecular weight excluding hydrogens is 479 g/mol. The molecule has 0 aromatic heterocycles. The van der Waals surface area contributed by atoms with Crippen molar-refractivity contribution in [2.24, 2.45) is 0 Å². The van der Waals surface area contributed by atoms with Gasteiger partial charge in [-0.1, -0.05) is 24.3 Å². The van der Waals surface area contributed by atoms with Crippen molar-refractivity contribution in [3.8, 4) is 28.4 Å². The normalized spacial score (nSPS) is 13.6. The predicted molar refractivity (Wildman–Crippen MR) is 126 cm³/mol. The van der Waals surface area contributed by atoms with Crippen LogP contribution in [0, 0.1) is 0 Å². The molecule has 0 spiro atoms. The Morgan fingerprint density at radius 2 is 1.64 bits per heavy atom. The molecule has 1 saturated carbocycles. The minimum atomic E-state index is -4.83. The first-order valence-corrected chi connectivity index (χ1v) is 11.4. The Morgan fingerprint density at radius 1 is 1.00 bits per heavy atom. The molecule has 1 aliphatic carbocycles. The van der Waals surface area contributed by atoms with Crippen LogP contribution in [0.15, 0.2) is 24.3 Å². The summed E-state index contributed by atoms with van der Waals surface area (Å²) in [5.41, 5.74) is 0.375. The monoisotopic (exact) mass is 509 g/mol. The van der Waals surface area contributed by atoms with E-state index in [4.69, 9.17) is 18.9 Å². The van der Waals surface area contributed by atoms with Gasteiger partial charge in [-0.2, -0.15) is 13.2 Å². The van der Waals surface area contributed by atoms with Crippen LogP contribution in [0.25, 0.3) is 11.1 Å². The number of hydrogen-bond donors (Lipinski definition) is 0. The Morgan fingerprint density at radius 3 is 2.11 bits per heavy atom. The number of rotatable bonds is 9. The van der Waals surface area contributed by atoms with Crippen LogP contribution in [0.4, 0.5) is 13.2 Å². The summed E-state index contributed by atoms with van der Waals surface area (Å²) >= 11 is 0. The van der Waals surface area contributed by atoms with Gasteiger partial charge in [0.25, 0.3) is 0 Å². The summed E-state index contributed by atoms with van der Waals surface area (Å²) in [5, 5.41) is 0. The Kier molecular flexibility index (Phi) is 8.37. The van der Waals surface area contributed by atoms with E-state index in [0.717, 1.165) is 33.5 Å². The molecule has 196 valence electrons. The third kappa shape index (κ3) is 5.37. The molecule has 0 aliphatic heterocycles. The highest BCUT2D eigenvalue weighted by Crippen LogP contribution is 2.54. The van der Waals surface area contributed by atoms with E-state index in [-0.39, 0.29) is 41.8 Å². The molecule has 0 N–H and O–H groups in total. The van der Waals surface area contributed by atoms with E-state index in [1.807, 2.05) is 0 Å². The molecule has 1 fully saturated rings. The average molecular weight is 510 g/mol. The Hall–Kier alpha value is -3.43. The fraction of sp³-hybridized carbons (Fsp3) is 0.462. The van der Waals surface area contributed by atoms with Crippen molar-refractivity contribution in [3.05, 3.63) is 41.0 Å². The summed E-state index contributed by atoms with van der Waals surface area (Å²) in [6, 6.07) is 6.68. The van der Waals surface area contributed by atoms with Crippen molar-refractivity contribution in [1.29, 1.82) is 0 Å². The summed E-state index contributed by atoms with van der Waals surface area (Å²) in [4.78, 5) is 26.0. The van der Waals surface area contributed by atoms with Gasteiger partial charge >= 0.3 is 12.1 Å². The van der Waals surface area contributed by atoms with Crippen molar-refractivity contribution in [2.75, 3.05) is 28.4 Å². The van der Waals surface area contributed by atoms with Crippen LogP contribution >= 0.6 is 0 Å². The van der Waals surface area contributed by atoms with E-state index in [1.54, 1.807) is 29.2 Å². The lowest BCUT2D eigenvalue weighted by molar-refractivity contribution is -0.141. The molecule has 1 aliphatic rings. The van der Waals surface area contributed by atoms with Gasteiger partial charge in [-0.25, -0.2) is 0 Å². The minimum absolute atomic E-state index is 0.0292. The van der Waals surface area contributed by atoms with Crippen molar-refractivity contribution < 1.29 is 41.7 Å². The van der Waals surface area contributed by atoms with Gasteiger partial charge in [0, 0.05) is 24.1 Å². The van der Waals surface area contributed by atoms with Gasteiger partial charge in [-0.15, -0.1) is 0 Å². The zero-order valence-electron chi connectivity index (χ0n) is 21.0. The zero-order chi connectivity index (χ0) is 26.6. The SMILES string of the molecule is COC(=O)Cc1cccc(-c2c(CN(C(C)=O)C3CCC3)c(OC)c(C(F)(F)F)c(OC)c2OC)c1. The zero-order valence-corrected chi connectivity index (χ0v) is 21.0. The molecule has 0 heterocycles.